The largest absolute Gasteiger partial charge is 0.423 e. The first-order chi connectivity index (χ1) is 13.0. The van der Waals surface area contributed by atoms with Crippen LogP contribution in [-0.2, 0) is 19.2 Å². The fourth-order valence-electron chi connectivity index (χ4n) is 2.80. The molecule has 3 heterocycles. The highest BCUT2D eigenvalue weighted by atomic mass is 35.5. The minimum Gasteiger partial charge on any atom is -0.423 e. The van der Waals surface area contributed by atoms with Crippen LogP contribution in [0.1, 0.15) is 21.8 Å². The van der Waals surface area contributed by atoms with Gasteiger partial charge >= 0.3 is 5.63 Å². The van der Waals surface area contributed by atoms with Crippen LogP contribution < -0.4 is 5.63 Å². The number of hydrogen-bond acceptors (Lipinski definition) is 6. The molecule has 138 valence electrons. The van der Waals surface area contributed by atoms with Gasteiger partial charge in [-0.05, 0) is 41.6 Å². The zero-order chi connectivity index (χ0) is 19.0. The van der Waals surface area contributed by atoms with E-state index in [0.29, 0.717) is 16.4 Å². The first-order valence-electron chi connectivity index (χ1n) is 8.27. The Labute approximate surface area is 169 Å². The molecule has 1 aromatic carbocycles. The molecule has 0 N–H and O–H groups in total. The van der Waals surface area contributed by atoms with E-state index in [1.165, 1.54) is 22.7 Å². The lowest BCUT2D eigenvalue weighted by Gasteiger charge is -2.07. The fraction of sp³-hybridized carbons (Fsp3) is 0.211. The molecule has 0 saturated heterocycles. The van der Waals surface area contributed by atoms with Gasteiger partial charge in [-0.15, -0.1) is 21.5 Å². The first kappa shape index (κ1) is 18.3. The Kier molecular flexibility index (Phi) is 5.08. The van der Waals surface area contributed by atoms with Gasteiger partial charge in [0.05, 0.1) is 0 Å². The molecule has 4 rings (SSSR count). The maximum absolute atomic E-state index is 11.9. The molecule has 0 unspecified atom stereocenters. The molecule has 0 amide bonds. The van der Waals surface area contributed by atoms with Crippen molar-refractivity contribution in [3.63, 3.8) is 0 Å². The van der Waals surface area contributed by atoms with E-state index < -0.39 is 0 Å². The van der Waals surface area contributed by atoms with Crippen LogP contribution in [0.25, 0.3) is 11.0 Å². The van der Waals surface area contributed by atoms with Crippen LogP contribution in [0.3, 0.4) is 0 Å². The van der Waals surface area contributed by atoms with Crippen molar-refractivity contribution in [2.45, 2.75) is 24.3 Å². The monoisotopic (exact) mass is 417 g/mol. The number of hydrogen-bond donors (Lipinski definition) is 0. The normalized spacial score (nSPS) is 11.4. The number of fused-ring (bicyclic) bond motifs is 1. The second kappa shape index (κ2) is 7.50. The van der Waals surface area contributed by atoms with Crippen LogP contribution in [0, 0.1) is 6.92 Å². The summed E-state index contributed by atoms with van der Waals surface area (Å²) in [6.07, 6.45) is 0.758. The summed E-state index contributed by atoms with van der Waals surface area (Å²) in [5.74, 6) is 1.49. The highest BCUT2D eigenvalue weighted by Gasteiger charge is 2.13. The van der Waals surface area contributed by atoms with Gasteiger partial charge in [-0.1, -0.05) is 29.4 Å². The van der Waals surface area contributed by atoms with E-state index in [1.54, 1.807) is 17.4 Å². The smallest absolute Gasteiger partial charge is 0.336 e. The summed E-state index contributed by atoms with van der Waals surface area (Å²) in [6, 6.07) is 9.29. The summed E-state index contributed by atoms with van der Waals surface area (Å²) >= 11 is 9.50. The lowest BCUT2D eigenvalue weighted by atomic mass is 10.1. The van der Waals surface area contributed by atoms with Crippen molar-refractivity contribution in [1.29, 1.82) is 0 Å². The van der Waals surface area contributed by atoms with Crippen molar-refractivity contribution in [2.24, 2.45) is 7.05 Å². The van der Waals surface area contributed by atoms with Crippen molar-refractivity contribution < 1.29 is 4.42 Å². The zero-order valence-corrected chi connectivity index (χ0v) is 17.1. The number of thiophene rings is 1. The number of rotatable bonds is 5. The van der Waals surface area contributed by atoms with E-state index in [2.05, 4.69) is 21.6 Å². The predicted molar refractivity (Wildman–Crippen MR) is 110 cm³/mol. The Bertz CT molecular complexity index is 1170. The summed E-state index contributed by atoms with van der Waals surface area (Å²) in [6.45, 7) is 1.89. The molecule has 0 saturated carbocycles. The highest BCUT2D eigenvalue weighted by Crippen LogP contribution is 2.29. The van der Waals surface area contributed by atoms with Crippen LogP contribution in [0.15, 0.2) is 50.1 Å². The second-order valence-corrected chi connectivity index (χ2v) is 8.57. The maximum atomic E-state index is 11.9. The third kappa shape index (κ3) is 3.81. The SMILES string of the molecule is Cc1cc2oc(=O)cc(CSc3nnc(Cc4cccs4)n3C)c2cc1Cl. The number of nitrogens with zero attached hydrogens (tertiary/aromatic N) is 3. The highest BCUT2D eigenvalue weighted by molar-refractivity contribution is 7.98. The quantitative estimate of drug-likeness (QED) is 0.344. The van der Waals surface area contributed by atoms with Gasteiger partial charge in [0.15, 0.2) is 5.16 Å². The summed E-state index contributed by atoms with van der Waals surface area (Å²) in [7, 11) is 1.96. The molecule has 27 heavy (non-hydrogen) atoms. The summed E-state index contributed by atoms with van der Waals surface area (Å²) in [5, 5.41) is 13.0. The molecule has 4 aromatic rings. The van der Waals surface area contributed by atoms with Gasteiger partial charge < -0.3 is 8.98 Å². The molecule has 8 heteroatoms. The van der Waals surface area contributed by atoms with Crippen molar-refractivity contribution in [3.8, 4) is 0 Å². The number of aromatic nitrogens is 3. The number of aryl methyl sites for hydroxylation is 1. The van der Waals surface area contributed by atoms with E-state index in [1.807, 2.05) is 30.7 Å². The minimum absolute atomic E-state index is 0.365. The lowest BCUT2D eigenvalue weighted by molar-refractivity contribution is 0.559. The first-order valence-corrected chi connectivity index (χ1v) is 10.5. The van der Waals surface area contributed by atoms with Crippen molar-refractivity contribution in [1.82, 2.24) is 14.8 Å². The van der Waals surface area contributed by atoms with E-state index in [4.69, 9.17) is 16.0 Å². The van der Waals surface area contributed by atoms with Crippen LogP contribution in [0.4, 0.5) is 0 Å². The molecule has 0 aliphatic heterocycles. The van der Waals surface area contributed by atoms with Crippen molar-refractivity contribution in [3.05, 3.63) is 73.0 Å². The number of halogens is 1. The van der Waals surface area contributed by atoms with Crippen LogP contribution in [-0.4, -0.2) is 14.8 Å². The maximum Gasteiger partial charge on any atom is 0.336 e. The molecular weight excluding hydrogens is 402 g/mol. The molecule has 0 aliphatic rings. The topological polar surface area (TPSA) is 60.9 Å². The Balaban J connectivity index is 1.60. The predicted octanol–water partition coefficient (Wildman–Crippen LogP) is 4.83. The standard InChI is InChI=1S/C19H16ClN3O2S2/c1-11-6-16-14(9-15(11)20)12(7-18(24)25-16)10-27-19-22-21-17(23(19)2)8-13-4-3-5-26-13/h3-7,9H,8,10H2,1-2H3. The molecule has 0 atom stereocenters. The van der Waals surface area contributed by atoms with Gasteiger partial charge in [0.2, 0.25) is 0 Å². The summed E-state index contributed by atoms with van der Waals surface area (Å²) in [4.78, 5) is 13.2. The summed E-state index contributed by atoms with van der Waals surface area (Å²) < 4.78 is 7.32. The Morgan fingerprint density at radius 2 is 2.15 bits per heavy atom. The Morgan fingerprint density at radius 3 is 2.93 bits per heavy atom. The molecule has 0 radical (unpaired) electrons. The Morgan fingerprint density at radius 1 is 1.30 bits per heavy atom. The number of thioether (sulfide) groups is 1. The molecule has 3 aromatic heterocycles. The third-order valence-corrected chi connectivity index (χ3v) is 6.66. The van der Waals surface area contributed by atoms with E-state index in [-0.39, 0.29) is 5.63 Å². The molecule has 0 fully saturated rings. The molecular formula is C19H16ClN3O2S2. The second-order valence-electron chi connectivity index (χ2n) is 6.19. The van der Waals surface area contributed by atoms with E-state index in [0.717, 1.165) is 33.9 Å². The molecule has 0 spiro atoms. The van der Waals surface area contributed by atoms with Crippen molar-refractivity contribution >= 4 is 45.7 Å². The minimum atomic E-state index is -0.365. The van der Waals surface area contributed by atoms with Gasteiger partial charge in [-0.25, -0.2) is 4.79 Å². The Hall–Kier alpha value is -2.09. The number of benzene rings is 1. The fourth-order valence-corrected chi connectivity index (χ4v) is 4.59. The molecule has 0 aliphatic carbocycles. The van der Waals surface area contributed by atoms with E-state index >= 15 is 0 Å². The molecule has 0 bridgehead atoms. The zero-order valence-electron chi connectivity index (χ0n) is 14.7. The average molecular weight is 418 g/mol. The van der Waals surface area contributed by atoms with Gasteiger partial charge in [0, 0.05) is 40.6 Å². The van der Waals surface area contributed by atoms with Gasteiger partial charge in [0.25, 0.3) is 0 Å². The van der Waals surface area contributed by atoms with Crippen LogP contribution >= 0.6 is 34.7 Å². The van der Waals surface area contributed by atoms with Gasteiger partial charge in [0.1, 0.15) is 11.4 Å². The van der Waals surface area contributed by atoms with Crippen LogP contribution in [0.5, 0.6) is 0 Å². The van der Waals surface area contributed by atoms with Gasteiger partial charge in [-0.2, -0.15) is 0 Å². The lowest BCUT2D eigenvalue weighted by Crippen LogP contribution is -2.02. The van der Waals surface area contributed by atoms with E-state index in [9.17, 15) is 4.79 Å². The van der Waals surface area contributed by atoms with Crippen molar-refractivity contribution in [2.75, 3.05) is 0 Å². The van der Waals surface area contributed by atoms with Gasteiger partial charge in [-0.3, -0.25) is 0 Å². The van der Waals surface area contributed by atoms with Crippen LogP contribution in [0.2, 0.25) is 5.02 Å². The average Bonchev–Trinajstić information content (AvgIpc) is 3.26. The molecule has 5 nitrogen and oxygen atoms in total. The third-order valence-electron chi connectivity index (χ3n) is 4.30. The summed E-state index contributed by atoms with van der Waals surface area (Å²) in [5.41, 5.74) is 1.94.